The van der Waals surface area contributed by atoms with Gasteiger partial charge in [0.25, 0.3) is 0 Å². The predicted octanol–water partition coefficient (Wildman–Crippen LogP) is 2.43. The van der Waals surface area contributed by atoms with Crippen LogP contribution >= 0.6 is 0 Å². The van der Waals surface area contributed by atoms with Gasteiger partial charge in [-0.15, -0.1) is 0 Å². The third kappa shape index (κ3) is 2.70. The van der Waals surface area contributed by atoms with E-state index in [-0.39, 0.29) is 0 Å². The molecule has 2 aliphatic rings. The molecule has 0 aromatic heterocycles. The molecule has 5 heteroatoms. The number of nitrogens with one attached hydrogen (secondary N) is 1. The van der Waals surface area contributed by atoms with Gasteiger partial charge >= 0.3 is 0 Å². The maximum atomic E-state index is 5.50. The number of methoxy groups -OCH3 is 3. The molecule has 1 aliphatic heterocycles. The van der Waals surface area contributed by atoms with Gasteiger partial charge in [-0.1, -0.05) is 12.8 Å². The molecule has 5 nitrogen and oxygen atoms in total. The Morgan fingerprint density at radius 1 is 1.00 bits per heavy atom. The lowest BCUT2D eigenvalue weighted by molar-refractivity contribution is 0.283. The first kappa shape index (κ1) is 15.3. The van der Waals surface area contributed by atoms with Crippen LogP contribution in [0.15, 0.2) is 12.1 Å². The molecule has 122 valence electrons. The third-order valence-electron chi connectivity index (χ3n) is 4.87. The van der Waals surface area contributed by atoms with Crippen molar-refractivity contribution in [2.45, 2.75) is 37.8 Å². The van der Waals surface area contributed by atoms with E-state index >= 15 is 0 Å². The summed E-state index contributed by atoms with van der Waals surface area (Å²) < 4.78 is 16.4. The summed E-state index contributed by atoms with van der Waals surface area (Å²) in [5.74, 6) is 2.11. The third-order valence-corrected chi connectivity index (χ3v) is 4.87. The summed E-state index contributed by atoms with van der Waals surface area (Å²) in [5.41, 5.74) is 1.16. The van der Waals surface area contributed by atoms with Gasteiger partial charge in [-0.05, 0) is 12.8 Å². The Morgan fingerprint density at radius 3 is 2.32 bits per heavy atom. The Kier molecular flexibility index (Phi) is 4.62. The van der Waals surface area contributed by atoms with Crippen LogP contribution in [0.3, 0.4) is 0 Å². The van der Waals surface area contributed by atoms with E-state index in [0.29, 0.717) is 17.8 Å². The summed E-state index contributed by atoms with van der Waals surface area (Å²) >= 11 is 0. The van der Waals surface area contributed by atoms with Crippen molar-refractivity contribution in [3.8, 4) is 17.2 Å². The smallest absolute Gasteiger partial charge is 0.203 e. The van der Waals surface area contributed by atoms with E-state index in [4.69, 9.17) is 14.2 Å². The standard InChI is InChI=1S/C17H26N2O3/c1-20-15-10-12(11-16(21-2)17(15)22-3)19-9-8-18-13-6-4-5-7-14(13)19/h10-11,13-14,18H,4-9H2,1-3H3/t13-,14-/m1/s1. The molecule has 0 radical (unpaired) electrons. The number of hydrogen-bond donors (Lipinski definition) is 1. The zero-order chi connectivity index (χ0) is 15.5. The fourth-order valence-corrected chi connectivity index (χ4v) is 3.81. The minimum atomic E-state index is 0.560. The van der Waals surface area contributed by atoms with Crippen molar-refractivity contribution < 1.29 is 14.2 Å². The van der Waals surface area contributed by atoms with Gasteiger partial charge in [0.15, 0.2) is 11.5 Å². The van der Waals surface area contributed by atoms with Gasteiger partial charge in [0, 0.05) is 43.0 Å². The topological polar surface area (TPSA) is 43.0 Å². The summed E-state index contributed by atoms with van der Waals surface area (Å²) in [4.78, 5) is 2.50. The second-order valence-corrected chi connectivity index (χ2v) is 5.99. The van der Waals surface area contributed by atoms with E-state index in [2.05, 4.69) is 22.3 Å². The number of fused-ring (bicyclic) bond motifs is 1. The van der Waals surface area contributed by atoms with Crippen LogP contribution in [0.1, 0.15) is 25.7 Å². The molecule has 2 fully saturated rings. The molecule has 1 saturated carbocycles. The summed E-state index contributed by atoms with van der Waals surface area (Å²) in [6.45, 7) is 2.04. The van der Waals surface area contributed by atoms with E-state index in [1.165, 1.54) is 25.7 Å². The Hall–Kier alpha value is -1.62. The van der Waals surface area contributed by atoms with Gasteiger partial charge in [-0.3, -0.25) is 0 Å². The Labute approximate surface area is 132 Å². The van der Waals surface area contributed by atoms with E-state index in [9.17, 15) is 0 Å². The van der Waals surface area contributed by atoms with Crippen molar-refractivity contribution in [3.63, 3.8) is 0 Å². The van der Waals surface area contributed by atoms with E-state index in [1.54, 1.807) is 21.3 Å². The summed E-state index contributed by atoms with van der Waals surface area (Å²) in [7, 11) is 4.98. The van der Waals surface area contributed by atoms with Crippen LogP contribution in [0.5, 0.6) is 17.2 Å². The lowest BCUT2D eigenvalue weighted by Crippen LogP contribution is -2.59. The monoisotopic (exact) mass is 306 g/mol. The molecular weight excluding hydrogens is 280 g/mol. The van der Waals surface area contributed by atoms with Crippen molar-refractivity contribution in [1.82, 2.24) is 5.32 Å². The maximum Gasteiger partial charge on any atom is 0.203 e. The van der Waals surface area contributed by atoms with Crippen LogP contribution in [0.2, 0.25) is 0 Å². The molecule has 1 saturated heterocycles. The van der Waals surface area contributed by atoms with Crippen LogP contribution in [0.25, 0.3) is 0 Å². The second-order valence-electron chi connectivity index (χ2n) is 5.99. The largest absolute Gasteiger partial charge is 0.493 e. The van der Waals surface area contributed by atoms with Gasteiger partial charge in [-0.2, -0.15) is 0 Å². The van der Waals surface area contributed by atoms with E-state index < -0.39 is 0 Å². The first-order valence-corrected chi connectivity index (χ1v) is 8.08. The zero-order valence-corrected chi connectivity index (χ0v) is 13.7. The average molecular weight is 306 g/mol. The molecule has 1 aliphatic carbocycles. The number of benzene rings is 1. The summed E-state index contributed by atoms with van der Waals surface area (Å²) in [6, 6.07) is 5.29. The first-order chi connectivity index (χ1) is 10.8. The molecule has 1 aromatic carbocycles. The van der Waals surface area contributed by atoms with Crippen LogP contribution in [0.4, 0.5) is 5.69 Å². The van der Waals surface area contributed by atoms with Crippen molar-refractivity contribution in [1.29, 1.82) is 0 Å². The van der Waals surface area contributed by atoms with Crippen molar-refractivity contribution in [3.05, 3.63) is 12.1 Å². The highest BCUT2D eigenvalue weighted by atomic mass is 16.5. The second kappa shape index (κ2) is 6.65. The molecule has 1 aromatic rings. The molecular formula is C17H26N2O3. The SMILES string of the molecule is COc1cc(N2CCN[C@@H]3CCCC[C@H]32)cc(OC)c1OC. The van der Waals surface area contributed by atoms with Crippen molar-refractivity contribution >= 4 is 5.69 Å². The fourth-order valence-electron chi connectivity index (χ4n) is 3.81. The Balaban J connectivity index is 1.96. The number of piperazine rings is 1. The fraction of sp³-hybridized carbons (Fsp3) is 0.647. The molecule has 0 bridgehead atoms. The molecule has 0 spiro atoms. The van der Waals surface area contributed by atoms with Gasteiger partial charge < -0.3 is 24.4 Å². The predicted molar refractivity (Wildman–Crippen MR) is 87.5 cm³/mol. The highest BCUT2D eigenvalue weighted by Crippen LogP contribution is 2.42. The minimum absolute atomic E-state index is 0.560. The van der Waals surface area contributed by atoms with Crippen LogP contribution in [0, 0.1) is 0 Å². The molecule has 3 rings (SSSR count). The Morgan fingerprint density at radius 2 is 1.68 bits per heavy atom. The number of ether oxygens (including phenoxy) is 3. The van der Waals surface area contributed by atoms with Crippen LogP contribution < -0.4 is 24.4 Å². The van der Waals surface area contributed by atoms with Crippen molar-refractivity contribution in [2.75, 3.05) is 39.3 Å². The van der Waals surface area contributed by atoms with Crippen LogP contribution in [-0.2, 0) is 0 Å². The van der Waals surface area contributed by atoms with E-state index in [1.807, 2.05) is 0 Å². The zero-order valence-electron chi connectivity index (χ0n) is 13.7. The maximum absolute atomic E-state index is 5.50. The van der Waals surface area contributed by atoms with E-state index in [0.717, 1.165) is 30.3 Å². The molecule has 0 unspecified atom stereocenters. The molecule has 1 heterocycles. The molecule has 1 N–H and O–H groups in total. The number of rotatable bonds is 4. The lowest BCUT2D eigenvalue weighted by Gasteiger charge is -2.46. The molecule has 22 heavy (non-hydrogen) atoms. The van der Waals surface area contributed by atoms with Gasteiger partial charge in [-0.25, -0.2) is 0 Å². The Bertz CT molecular complexity index is 494. The average Bonchev–Trinajstić information content (AvgIpc) is 2.59. The number of hydrogen-bond acceptors (Lipinski definition) is 5. The van der Waals surface area contributed by atoms with Gasteiger partial charge in [0.2, 0.25) is 5.75 Å². The summed E-state index contributed by atoms with van der Waals surface area (Å²) in [5, 5.41) is 3.67. The number of nitrogens with zero attached hydrogens (tertiary/aromatic N) is 1. The van der Waals surface area contributed by atoms with Gasteiger partial charge in [0.05, 0.1) is 21.3 Å². The molecule has 2 atom stereocenters. The highest BCUT2D eigenvalue weighted by Gasteiger charge is 2.33. The summed E-state index contributed by atoms with van der Waals surface area (Å²) in [6.07, 6.45) is 5.15. The quantitative estimate of drug-likeness (QED) is 0.925. The minimum Gasteiger partial charge on any atom is -0.493 e. The lowest BCUT2D eigenvalue weighted by atomic mass is 9.87. The normalized spacial score (nSPS) is 24.6. The van der Waals surface area contributed by atoms with Gasteiger partial charge in [0.1, 0.15) is 0 Å². The number of anilines is 1. The molecule has 0 amide bonds. The van der Waals surface area contributed by atoms with Crippen molar-refractivity contribution in [2.24, 2.45) is 0 Å². The first-order valence-electron chi connectivity index (χ1n) is 8.08. The highest BCUT2D eigenvalue weighted by molar-refractivity contribution is 5.64. The van der Waals surface area contributed by atoms with Crippen LogP contribution in [-0.4, -0.2) is 46.5 Å².